The molecule has 0 spiro atoms. The summed E-state index contributed by atoms with van der Waals surface area (Å²) >= 11 is 17.5. The van der Waals surface area contributed by atoms with E-state index in [0.717, 1.165) is 25.9 Å². The summed E-state index contributed by atoms with van der Waals surface area (Å²) < 4.78 is -0.504. The highest BCUT2D eigenvalue weighted by molar-refractivity contribution is 7.63. The zero-order valence-corrected chi connectivity index (χ0v) is 38.7. The van der Waals surface area contributed by atoms with Crippen LogP contribution >= 0.6 is 31.1 Å². The number of anilines is 2. The topological polar surface area (TPSA) is 6.48 Å². The van der Waals surface area contributed by atoms with Gasteiger partial charge in [0.25, 0.3) is 0 Å². The van der Waals surface area contributed by atoms with Gasteiger partial charge in [-0.3, -0.25) is 0 Å². The van der Waals surface area contributed by atoms with Crippen LogP contribution in [0, 0.1) is 41.5 Å². The highest BCUT2D eigenvalue weighted by atomic mass is 35.5. The summed E-state index contributed by atoms with van der Waals surface area (Å²) in [6, 6.07) is 29.6. The van der Waals surface area contributed by atoms with E-state index in [2.05, 4.69) is 136 Å². The van der Waals surface area contributed by atoms with Crippen LogP contribution in [0.4, 0.5) is 11.4 Å². The van der Waals surface area contributed by atoms with Crippen LogP contribution in [-0.4, -0.2) is 34.4 Å². The van der Waals surface area contributed by atoms with Crippen molar-refractivity contribution in [3.05, 3.63) is 146 Å². The monoisotopic (exact) mass is 840 g/mol. The lowest BCUT2D eigenvalue weighted by Gasteiger charge is -2.52. The van der Waals surface area contributed by atoms with E-state index in [9.17, 15) is 0 Å². The Kier molecular flexibility index (Phi) is 11.7. The molecule has 5 heteroatoms. The van der Waals surface area contributed by atoms with Gasteiger partial charge in [-0.25, -0.2) is 0 Å². The third-order valence-corrected chi connectivity index (χ3v) is 19.7. The highest BCUT2D eigenvalue weighted by Crippen LogP contribution is 2.73. The van der Waals surface area contributed by atoms with Crippen molar-refractivity contribution in [3.8, 4) is 0 Å². The first-order valence-corrected chi connectivity index (χ1v) is 25.0. The predicted octanol–water partition coefficient (Wildman–Crippen LogP) is 15.6. The lowest BCUT2D eigenvalue weighted by atomic mass is 9.81. The molecule has 0 aromatic heterocycles. The first-order chi connectivity index (χ1) is 28.5. The van der Waals surface area contributed by atoms with E-state index in [1.165, 1.54) is 154 Å². The maximum absolute atomic E-state index is 8.89. The van der Waals surface area contributed by atoms with Crippen LogP contribution in [-0.2, 0) is 0 Å². The summed E-state index contributed by atoms with van der Waals surface area (Å²) in [5, 5.41) is -0.359. The van der Waals surface area contributed by atoms with E-state index >= 15 is 0 Å². The van der Waals surface area contributed by atoms with Crippen LogP contribution in [0.5, 0.6) is 0 Å². The molecular formula is C54H63Cl2N2P. The van der Waals surface area contributed by atoms with Crippen LogP contribution in [0.2, 0.25) is 0 Å². The second-order valence-electron chi connectivity index (χ2n) is 18.6. The molecule has 59 heavy (non-hydrogen) atoms. The largest absolute Gasteiger partial charge is 0.325 e. The third-order valence-electron chi connectivity index (χ3n) is 14.4. The molecule has 4 aromatic rings. The normalized spacial score (nSPS) is 24.4. The fourth-order valence-corrected chi connectivity index (χ4v) is 18.5. The smallest absolute Gasteiger partial charge is 0.114 e. The summed E-state index contributed by atoms with van der Waals surface area (Å²) in [6.07, 6.45) is 17.6. The Labute approximate surface area is 366 Å². The van der Waals surface area contributed by atoms with Crippen molar-refractivity contribution in [2.24, 2.45) is 0 Å². The van der Waals surface area contributed by atoms with E-state index in [1.807, 2.05) is 0 Å². The first kappa shape index (κ1) is 41.1. The summed E-state index contributed by atoms with van der Waals surface area (Å²) in [5.74, 6) is 1.28. The van der Waals surface area contributed by atoms with Gasteiger partial charge in [0.15, 0.2) is 0 Å². The van der Waals surface area contributed by atoms with E-state index in [-0.39, 0.29) is 5.38 Å². The number of fused-ring (bicyclic) bond motifs is 1. The van der Waals surface area contributed by atoms with Crippen molar-refractivity contribution in [2.45, 2.75) is 140 Å². The van der Waals surface area contributed by atoms with Crippen LogP contribution in [0.15, 0.2) is 95.8 Å². The van der Waals surface area contributed by atoms with E-state index < -0.39 is 12.5 Å². The number of hydrogen-bond donors (Lipinski definition) is 0. The number of aryl methyl sites for hydroxylation is 6. The van der Waals surface area contributed by atoms with Gasteiger partial charge < -0.3 is 9.80 Å². The summed E-state index contributed by atoms with van der Waals surface area (Å²) in [4.78, 5) is 5.30. The number of rotatable bonds is 6. The quantitative estimate of drug-likeness (QED) is 0.141. The molecule has 4 fully saturated rings. The second-order valence-corrected chi connectivity index (χ2v) is 22.9. The molecule has 9 rings (SSSR count). The molecule has 2 nitrogen and oxygen atoms in total. The Bertz CT molecular complexity index is 2200. The molecule has 308 valence electrons. The second kappa shape index (κ2) is 16.9. The van der Waals surface area contributed by atoms with Crippen LogP contribution in [0.1, 0.15) is 127 Å². The minimum atomic E-state index is -0.579. The maximum atomic E-state index is 8.89. The average Bonchev–Trinajstić information content (AvgIpc) is 3.80. The molecule has 1 heterocycles. The molecule has 5 aliphatic rings. The standard InChI is InChI=1S/C54H63Cl2N2P/c1-35-30-37(3)51(38(4)31-35)57-28-29-58(52-39(5)32-36(2)33-40(52)6)53(57)46-26-27-54(56,59(43-21-12-8-13-22-43)44-23-14-9-15-24-44)49(50(46)55)48-45-25-17-16-20-42(45)34-47(48)41-18-10-7-11-19-41/h7,10-11,16-20,25,30-34,43-44,50H,8-9,12-15,21-24,26-29H2,1-6H3. The molecule has 0 N–H and O–H groups in total. The lowest BCUT2D eigenvalue weighted by molar-refractivity contribution is 0.476. The van der Waals surface area contributed by atoms with Gasteiger partial charge >= 0.3 is 0 Å². The lowest BCUT2D eigenvalue weighted by Crippen LogP contribution is -2.42. The molecule has 0 radical (unpaired) electrons. The fraction of sp³-hybridized carbons (Fsp3) is 0.444. The van der Waals surface area contributed by atoms with Crippen LogP contribution in [0.25, 0.3) is 17.2 Å². The van der Waals surface area contributed by atoms with Gasteiger partial charge in [-0.2, -0.15) is 0 Å². The number of benzene rings is 4. The number of halogens is 2. The Balaban J connectivity index is 1.33. The van der Waals surface area contributed by atoms with Crippen LogP contribution in [0.3, 0.4) is 0 Å². The molecule has 1 saturated heterocycles. The highest BCUT2D eigenvalue weighted by Gasteiger charge is 2.54. The van der Waals surface area contributed by atoms with Crippen molar-refractivity contribution >= 4 is 59.7 Å². The van der Waals surface area contributed by atoms with Crippen molar-refractivity contribution < 1.29 is 0 Å². The van der Waals surface area contributed by atoms with E-state index in [4.69, 9.17) is 23.2 Å². The Morgan fingerprint density at radius 3 is 1.64 bits per heavy atom. The average molecular weight is 842 g/mol. The van der Waals surface area contributed by atoms with Gasteiger partial charge in [-0.1, -0.05) is 136 Å². The minimum Gasteiger partial charge on any atom is -0.325 e. The summed E-state index contributed by atoms with van der Waals surface area (Å²) in [7, 11) is -0.579. The number of nitrogens with zero attached hydrogens (tertiary/aromatic N) is 2. The van der Waals surface area contributed by atoms with Crippen molar-refractivity contribution in [1.29, 1.82) is 0 Å². The number of hydrogen-bond acceptors (Lipinski definition) is 2. The van der Waals surface area contributed by atoms with Crippen molar-refractivity contribution in [2.75, 3.05) is 22.9 Å². The van der Waals surface area contributed by atoms with Gasteiger partial charge in [0.05, 0.1) is 9.99 Å². The first-order valence-electron chi connectivity index (χ1n) is 22.7. The molecule has 2 atom stereocenters. The number of alkyl halides is 2. The molecule has 2 unspecified atom stereocenters. The summed E-state index contributed by atoms with van der Waals surface area (Å²) in [5.41, 5.74) is 21.0. The summed E-state index contributed by atoms with van der Waals surface area (Å²) in [6.45, 7) is 15.5. The van der Waals surface area contributed by atoms with Gasteiger partial charge in [0.2, 0.25) is 0 Å². The zero-order valence-electron chi connectivity index (χ0n) is 36.3. The van der Waals surface area contributed by atoms with Crippen molar-refractivity contribution in [1.82, 2.24) is 0 Å². The Morgan fingerprint density at radius 2 is 1.12 bits per heavy atom. The molecule has 3 saturated carbocycles. The molecule has 4 aliphatic carbocycles. The van der Waals surface area contributed by atoms with E-state index in [0.29, 0.717) is 11.3 Å². The predicted molar refractivity (Wildman–Crippen MR) is 259 cm³/mol. The van der Waals surface area contributed by atoms with Gasteiger partial charge in [0, 0.05) is 24.5 Å². The molecule has 0 amide bonds. The maximum Gasteiger partial charge on any atom is 0.114 e. The Hall–Kier alpha value is -3.29. The van der Waals surface area contributed by atoms with Gasteiger partial charge in [-0.15, -0.1) is 23.2 Å². The Morgan fingerprint density at radius 1 is 0.627 bits per heavy atom. The van der Waals surface area contributed by atoms with Crippen molar-refractivity contribution in [3.63, 3.8) is 0 Å². The third kappa shape index (κ3) is 7.46. The molecular weight excluding hydrogens is 778 g/mol. The molecule has 0 bridgehead atoms. The fourth-order valence-electron chi connectivity index (χ4n) is 12.2. The molecule has 4 aromatic carbocycles. The molecule has 1 aliphatic heterocycles. The SMILES string of the molecule is Cc1cc(C)c(N2CCN(c3c(C)cc(C)cc3C)C2=C2CCC(Cl)(P(C3CCCCC3)C3CCCCC3)C(=C3C(c4ccccc4)=Cc4ccccc43)C2Cl)c(C)c1. The van der Waals surface area contributed by atoms with Crippen LogP contribution < -0.4 is 9.80 Å². The number of allylic oxidation sites excluding steroid dienone is 4. The van der Waals surface area contributed by atoms with Gasteiger partial charge in [0.1, 0.15) is 5.82 Å². The van der Waals surface area contributed by atoms with E-state index in [1.54, 1.807) is 0 Å². The zero-order chi connectivity index (χ0) is 41.0. The minimum absolute atomic E-state index is 0.359. The van der Waals surface area contributed by atoms with Gasteiger partial charge in [-0.05, 0) is 159 Å².